The van der Waals surface area contributed by atoms with E-state index < -0.39 is 5.66 Å². The van der Waals surface area contributed by atoms with Crippen LogP contribution in [0.1, 0.15) is 54.6 Å². The summed E-state index contributed by atoms with van der Waals surface area (Å²) in [5.41, 5.74) is 1.58. The van der Waals surface area contributed by atoms with E-state index in [1.54, 1.807) is 12.4 Å². The Morgan fingerprint density at radius 3 is 2.60 bits per heavy atom. The van der Waals surface area contributed by atoms with E-state index in [0.29, 0.717) is 12.3 Å². The molecule has 1 saturated heterocycles. The van der Waals surface area contributed by atoms with Crippen molar-refractivity contribution in [3.8, 4) is 10.4 Å². The minimum atomic E-state index is -0.412. The number of rotatable bonds is 4. The molecule has 1 saturated carbocycles. The Hall–Kier alpha value is -2.25. The first kappa shape index (κ1) is 19.7. The molecule has 4 heterocycles. The predicted octanol–water partition coefficient (Wildman–Crippen LogP) is 3.91. The fourth-order valence-corrected chi connectivity index (χ4v) is 6.01. The van der Waals surface area contributed by atoms with Crippen LogP contribution in [0.4, 0.5) is 5.69 Å². The highest BCUT2D eigenvalue weighted by Crippen LogP contribution is 2.40. The number of nitrogens with zero attached hydrogens (tertiary/aromatic N) is 2. The highest BCUT2D eigenvalue weighted by molar-refractivity contribution is 7.18. The number of aromatic nitrogens is 1. The van der Waals surface area contributed by atoms with Crippen LogP contribution in [0.15, 0.2) is 30.6 Å². The van der Waals surface area contributed by atoms with Gasteiger partial charge in [-0.2, -0.15) is 0 Å². The Bertz CT molecular complexity index is 928. The average molecular weight is 425 g/mol. The number of fused-ring (bicyclic) bond motifs is 1. The number of amides is 1. The molecule has 0 unspecified atom stereocenters. The number of hydrogen-bond donors (Lipinski definition) is 2. The van der Waals surface area contributed by atoms with Crippen LogP contribution in [0.2, 0.25) is 0 Å². The van der Waals surface area contributed by atoms with Crippen molar-refractivity contribution in [3.63, 3.8) is 0 Å². The third-order valence-corrected chi connectivity index (χ3v) is 7.96. The van der Waals surface area contributed by atoms with Crippen LogP contribution in [-0.2, 0) is 4.79 Å². The maximum atomic E-state index is 12.8. The van der Waals surface area contributed by atoms with Crippen LogP contribution >= 0.6 is 11.3 Å². The second-order valence-corrected chi connectivity index (χ2v) is 9.88. The lowest BCUT2D eigenvalue weighted by molar-refractivity contribution is -0.125. The number of hydrogen-bond acceptors (Lipinski definition) is 6. The standard InChI is InChI=1S/C23H28N4O2S/c28-19(16-4-2-1-3-5-16)15-27-12-8-23(9-13-27)25-18-14-20(17-6-10-24-11-7-17)30-21(18)22(29)26-23/h6-7,10-11,14,16,25H,1-5,8-9,12-13,15H2,(H,26,29). The maximum absolute atomic E-state index is 12.8. The minimum absolute atomic E-state index is 0.000730. The molecule has 0 bridgehead atoms. The monoisotopic (exact) mass is 424 g/mol. The molecule has 5 rings (SSSR count). The molecule has 2 N–H and O–H groups in total. The molecule has 3 aliphatic rings. The normalized spacial score (nSPS) is 21.7. The van der Waals surface area contributed by atoms with Gasteiger partial charge in [0.1, 0.15) is 16.3 Å². The summed E-state index contributed by atoms with van der Waals surface area (Å²) in [4.78, 5) is 33.7. The molecule has 2 aliphatic heterocycles. The van der Waals surface area contributed by atoms with Crippen LogP contribution < -0.4 is 10.6 Å². The first-order chi connectivity index (χ1) is 14.6. The van der Waals surface area contributed by atoms with Crippen LogP contribution in [0.3, 0.4) is 0 Å². The molecule has 6 nitrogen and oxygen atoms in total. The predicted molar refractivity (Wildman–Crippen MR) is 119 cm³/mol. The lowest BCUT2D eigenvalue weighted by atomic mass is 9.85. The fraction of sp³-hybridized carbons (Fsp3) is 0.522. The molecule has 0 radical (unpaired) electrons. The Kier molecular flexibility index (Phi) is 5.33. The van der Waals surface area contributed by atoms with Gasteiger partial charge in [0.05, 0.1) is 12.2 Å². The second-order valence-electron chi connectivity index (χ2n) is 8.83. The largest absolute Gasteiger partial charge is 0.361 e. The van der Waals surface area contributed by atoms with E-state index in [-0.39, 0.29) is 11.8 Å². The average Bonchev–Trinajstić information content (AvgIpc) is 3.21. The zero-order valence-corrected chi connectivity index (χ0v) is 18.0. The summed E-state index contributed by atoms with van der Waals surface area (Å²) in [6.07, 6.45) is 10.9. The third kappa shape index (κ3) is 3.88. The van der Waals surface area contributed by atoms with Gasteiger partial charge in [-0.3, -0.25) is 19.5 Å². The molecule has 1 aliphatic carbocycles. The lowest BCUT2D eigenvalue weighted by Crippen LogP contribution is -2.62. The van der Waals surface area contributed by atoms with E-state index >= 15 is 0 Å². The van der Waals surface area contributed by atoms with Gasteiger partial charge in [-0.05, 0) is 36.6 Å². The number of thiophene rings is 1. The molecular formula is C23H28N4O2S. The zero-order chi connectivity index (χ0) is 20.6. The van der Waals surface area contributed by atoms with E-state index in [9.17, 15) is 9.59 Å². The quantitative estimate of drug-likeness (QED) is 0.779. The molecular weight excluding hydrogens is 396 g/mol. The van der Waals surface area contributed by atoms with E-state index in [1.807, 2.05) is 12.1 Å². The van der Waals surface area contributed by atoms with Crippen molar-refractivity contribution in [2.45, 2.75) is 50.6 Å². The van der Waals surface area contributed by atoms with E-state index in [2.05, 4.69) is 26.6 Å². The van der Waals surface area contributed by atoms with Gasteiger partial charge in [0.2, 0.25) is 0 Å². The van der Waals surface area contributed by atoms with Gasteiger partial charge in [0.15, 0.2) is 0 Å². The van der Waals surface area contributed by atoms with Gasteiger partial charge in [-0.1, -0.05) is 19.3 Å². The van der Waals surface area contributed by atoms with Crippen LogP contribution in [0, 0.1) is 5.92 Å². The lowest BCUT2D eigenvalue weighted by Gasteiger charge is -2.45. The molecule has 158 valence electrons. The van der Waals surface area contributed by atoms with Crippen LogP contribution in [-0.4, -0.2) is 46.9 Å². The fourth-order valence-electron chi connectivity index (χ4n) is 4.99. The van der Waals surface area contributed by atoms with Gasteiger partial charge < -0.3 is 10.6 Å². The molecule has 2 aromatic heterocycles. The molecule has 0 atom stereocenters. The topological polar surface area (TPSA) is 74.3 Å². The smallest absolute Gasteiger partial charge is 0.265 e. The SMILES string of the molecule is O=C1NC2(CCN(CC(=O)C3CCCCC3)CC2)Nc2cc(-c3ccncc3)sc21. The third-order valence-electron chi connectivity index (χ3n) is 6.78. The summed E-state index contributed by atoms with van der Waals surface area (Å²) < 4.78 is 0. The molecule has 1 amide bonds. The summed E-state index contributed by atoms with van der Waals surface area (Å²) in [6.45, 7) is 2.20. The van der Waals surface area contributed by atoms with Gasteiger partial charge in [-0.15, -0.1) is 11.3 Å². The Labute approximate surface area is 181 Å². The molecule has 7 heteroatoms. The number of carbonyl (C=O) groups excluding carboxylic acids is 2. The first-order valence-corrected chi connectivity index (χ1v) is 11.8. The van der Waals surface area contributed by atoms with Crippen LogP contribution in [0.25, 0.3) is 10.4 Å². The van der Waals surface area contributed by atoms with Gasteiger partial charge in [0, 0.05) is 49.1 Å². The zero-order valence-electron chi connectivity index (χ0n) is 17.2. The summed E-state index contributed by atoms with van der Waals surface area (Å²) >= 11 is 1.51. The molecule has 30 heavy (non-hydrogen) atoms. The summed E-state index contributed by atoms with van der Waals surface area (Å²) in [5.74, 6) is 0.677. The summed E-state index contributed by atoms with van der Waals surface area (Å²) in [6, 6.07) is 6.01. The molecule has 2 aromatic rings. The number of pyridine rings is 1. The van der Waals surface area contributed by atoms with Crippen LogP contribution in [0.5, 0.6) is 0 Å². The number of anilines is 1. The van der Waals surface area contributed by atoms with E-state index in [4.69, 9.17) is 0 Å². The highest BCUT2D eigenvalue weighted by atomic mass is 32.1. The van der Waals surface area contributed by atoms with Gasteiger partial charge in [0.25, 0.3) is 5.91 Å². The van der Waals surface area contributed by atoms with Crippen molar-refractivity contribution in [1.82, 2.24) is 15.2 Å². The Morgan fingerprint density at radius 1 is 1.13 bits per heavy atom. The van der Waals surface area contributed by atoms with E-state index in [1.165, 1.54) is 30.6 Å². The van der Waals surface area contributed by atoms with Crippen molar-refractivity contribution in [1.29, 1.82) is 0 Å². The number of nitrogens with one attached hydrogen (secondary N) is 2. The Balaban J connectivity index is 1.24. The molecule has 0 aromatic carbocycles. The minimum Gasteiger partial charge on any atom is -0.361 e. The maximum Gasteiger partial charge on any atom is 0.265 e. The van der Waals surface area contributed by atoms with Crippen molar-refractivity contribution >= 4 is 28.7 Å². The van der Waals surface area contributed by atoms with E-state index in [0.717, 1.165) is 59.8 Å². The van der Waals surface area contributed by atoms with Gasteiger partial charge >= 0.3 is 0 Å². The number of likely N-dealkylation sites (tertiary alicyclic amines) is 1. The number of ketones is 1. The van der Waals surface area contributed by atoms with Crippen molar-refractivity contribution in [2.75, 3.05) is 25.0 Å². The highest BCUT2D eigenvalue weighted by Gasteiger charge is 2.41. The molecule has 2 fully saturated rings. The van der Waals surface area contributed by atoms with Crippen molar-refractivity contribution < 1.29 is 9.59 Å². The number of Topliss-reactive ketones (excluding diaryl/α,β-unsaturated/α-hetero) is 1. The van der Waals surface area contributed by atoms with Crippen molar-refractivity contribution in [3.05, 3.63) is 35.5 Å². The number of carbonyl (C=O) groups is 2. The molecule has 1 spiro atoms. The summed E-state index contributed by atoms with van der Waals surface area (Å²) in [7, 11) is 0. The summed E-state index contributed by atoms with van der Waals surface area (Å²) in [5, 5.41) is 6.85. The Morgan fingerprint density at radius 2 is 1.87 bits per heavy atom. The first-order valence-electron chi connectivity index (χ1n) is 11.0. The van der Waals surface area contributed by atoms with Crippen molar-refractivity contribution in [2.24, 2.45) is 5.92 Å². The van der Waals surface area contributed by atoms with Gasteiger partial charge in [-0.25, -0.2) is 0 Å². The number of piperidine rings is 1. The second kappa shape index (κ2) is 8.12.